The Labute approximate surface area is 124 Å². The van der Waals surface area contributed by atoms with E-state index in [1.807, 2.05) is 55.5 Å². The van der Waals surface area contributed by atoms with E-state index >= 15 is 0 Å². The summed E-state index contributed by atoms with van der Waals surface area (Å²) in [5.74, 6) is 0.436. The molecule has 1 atom stereocenters. The van der Waals surface area contributed by atoms with Gasteiger partial charge in [-0.05, 0) is 31.0 Å². The van der Waals surface area contributed by atoms with Crippen LogP contribution in [0.2, 0.25) is 0 Å². The number of carbonyl (C=O) groups is 1. The van der Waals surface area contributed by atoms with Crippen molar-refractivity contribution in [1.82, 2.24) is 0 Å². The lowest BCUT2D eigenvalue weighted by atomic mass is 10.1. The Hall–Kier alpha value is -2.33. The van der Waals surface area contributed by atoms with Gasteiger partial charge in [0.25, 0.3) is 0 Å². The molecule has 0 bridgehead atoms. The van der Waals surface area contributed by atoms with Crippen LogP contribution < -0.4 is 15.8 Å². The Bertz CT molecular complexity index is 584. The highest BCUT2D eigenvalue weighted by molar-refractivity contribution is 5.96. The van der Waals surface area contributed by atoms with Crippen LogP contribution in [0.4, 0.5) is 5.69 Å². The number of amides is 1. The van der Waals surface area contributed by atoms with Crippen LogP contribution in [-0.4, -0.2) is 18.6 Å². The molecule has 4 nitrogen and oxygen atoms in total. The van der Waals surface area contributed by atoms with Gasteiger partial charge in [-0.2, -0.15) is 0 Å². The summed E-state index contributed by atoms with van der Waals surface area (Å²) in [6, 6.07) is 16.5. The van der Waals surface area contributed by atoms with Gasteiger partial charge in [-0.25, -0.2) is 0 Å². The number of nitrogens with one attached hydrogen (secondary N) is 1. The van der Waals surface area contributed by atoms with Crippen LogP contribution in [0.15, 0.2) is 54.6 Å². The van der Waals surface area contributed by atoms with Gasteiger partial charge in [-0.15, -0.1) is 0 Å². The van der Waals surface area contributed by atoms with E-state index < -0.39 is 6.04 Å². The Morgan fingerprint density at radius 2 is 1.81 bits per heavy atom. The predicted molar refractivity (Wildman–Crippen MR) is 84.4 cm³/mol. The first-order valence-electron chi connectivity index (χ1n) is 7.03. The Morgan fingerprint density at radius 1 is 1.14 bits per heavy atom. The fourth-order valence-corrected chi connectivity index (χ4v) is 2.04. The van der Waals surface area contributed by atoms with Gasteiger partial charge >= 0.3 is 0 Å². The quantitative estimate of drug-likeness (QED) is 0.857. The molecule has 0 saturated heterocycles. The number of hydrogen-bond acceptors (Lipinski definition) is 3. The van der Waals surface area contributed by atoms with E-state index in [0.717, 1.165) is 5.56 Å². The monoisotopic (exact) mass is 284 g/mol. The molecule has 0 aliphatic rings. The van der Waals surface area contributed by atoms with E-state index in [1.54, 1.807) is 6.07 Å². The van der Waals surface area contributed by atoms with Crippen molar-refractivity contribution in [3.05, 3.63) is 60.2 Å². The third-order valence-electron chi connectivity index (χ3n) is 3.08. The fraction of sp³-hybridized carbons (Fsp3) is 0.235. The van der Waals surface area contributed by atoms with E-state index in [-0.39, 0.29) is 5.91 Å². The van der Waals surface area contributed by atoms with Gasteiger partial charge in [0, 0.05) is 0 Å². The van der Waals surface area contributed by atoms with Crippen molar-refractivity contribution in [3.8, 4) is 5.75 Å². The van der Waals surface area contributed by atoms with Crippen LogP contribution in [0, 0.1) is 0 Å². The van der Waals surface area contributed by atoms with Crippen LogP contribution >= 0.6 is 0 Å². The smallest absolute Gasteiger partial charge is 0.241 e. The van der Waals surface area contributed by atoms with Crippen molar-refractivity contribution in [2.45, 2.75) is 19.4 Å². The largest absolute Gasteiger partial charge is 0.492 e. The Morgan fingerprint density at radius 3 is 2.52 bits per heavy atom. The third kappa shape index (κ3) is 4.33. The molecule has 1 amide bonds. The molecule has 2 rings (SSSR count). The summed E-state index contributed by atoms with van der Waals surface area (Å²) in [6.07, 6.45) is 0.503. The topological polar surface area (TPSA) is 64.3 Å². The van der Waals surface area contributed by atoms with Crippen molar-refractivity contribution in [1.29, 1.82) is 0 Å². The summed E-state index contributed by atoms with van der Waals surface area (Å²) < 4.78 is 5.48. The first-order valence-corrected chi connectivity index (χ1v) is 7.03. The lowest BCUT2D eigenvalue weighted by Crippen LogP contribution is -2.37. The average Bonchev–Trinajstić information content (AvgIpc) is 2.50. The van der Waals surface area contributed by atoms with E-state index in [4.69, 9.17) is 10.5 Å². The van der Waals surface area contributed by atoms with Crippen molar-refractivity contribution >= 4 is 11.6 Å². The van der Waals surface area contributed by atoms with Crippen molar-refractivity contribution in [2.75, 3.05) is 11.9 Å². The normalized spacial score (nSPS) is 11.7. The molecule has 110 valence electrons. The molecule has 0 fully saturated rings. The maximum Gasteiger partial charge on any atom is 0.241 e. The first-order chi connectivity index (χ1) is 10.2. The van der Waals surface area contributed by atoms with Crippen molar-refractivity contribution in [3.63, 3.8) is 0 Å². The number of nitrogens with two attached hydrogens (primary N) is 1. The zero-order chi connectivity index (χ0) is 15.1. The Kier molecular flexibility index (Phi) is 5.35. The minimum Gasteiger partial charge on any atom is -0.492 e. The summed E-state index contributed by atoms with van der Waals surface area (Å²) in [5.41, 5.74) is 7.65. The van der Waals surface area contributed by atoms with Gasteiger partial charge in [-0.3, -0.25) is 4.79 Å². The minimum atomic E-state index is -0.595. The first kappa shape index (κ1) is 15.1. The molecule has 0 aromatic heterocycles. The van der Waals surface area contributed by atoms with Gasteiger partial charge in [0.05, 0.1) is 18.3 Å². The maximum atomic E-state index is 12.2. The summed E-state index contributed by atoms with van der Waals surface area (Å²) >= 11 is 0. The molecule has 0 aliphatic carbocycles. The maximum absolute atomic E-state index is 12.2. The molecule has 3 N–H and O–H groups in total. The molecule has 4 heteroatoms. The van der Waals surface area contributed by atoms with E-state index in [0.29, 0.717) is 24.5 Å². The molecule has 2 aromatic rings. The van der Waals surface area contributed by atoms with Crippen LogP contribution in [0.5, 0.6) is 5.75 Å². The summed E-state index contributed by atoms with van der Waals surface area (Å²) in [6.45, 7) is 2.45. The number of anilines is 1. The van der Waals surface area contributed by atoms with Crippen molar-refractivity contribution < 1.29 is 9.53 Å². The standard InChI is InChI=1S/C17H20N2O2/c1-2-21-16-11-7-6-10-15(16)19-17(20)14(18)12-13-8-4-3-5-9-13/h3-11,14H,2,12,18H2,1H3,(H,19,20)/t14-/m0/s1. The zero-order valence-corrected chi connectivity index (χ0v) is 12.1. The molecule has 0 spiro atoms. The zero-order valence-electron chi connectivity index (χ0n) is 12.1. The summed E-state index contributed by atoms with van der Waals surface area (Å²) in [7, 11) is 0. The van der Waals surface area contributed by atoms with E-state index in [9.17, 15) is 4.79 Å². The van der Waals surface area contributed by atoms with Crippen LogP contribution in [-0.2, 0) is 11.2 Å². The molecule has 0 saturated carbocycles. The second kappa shape index (κ2) is 7.45. The molecule has 0 aliphatic heterocycles. The molecular weight excluding hydrogens is 264 g/mol. The predicted octanol–water partition coefficient (Wildman–Crippen LogP) is 2.59. The second-order valence-corrected chi connectivity index (χ2v) is 4.71. The fourth-order valence-electron chi connectivity index (χ4n) is 2.04. The van der Waals surface area contributed by atoms with Crippen LogP contribution in [0.25, 0.3) is 0 Å². The lowest BCUT2D eigenvalue weighted by molar-refractivity contribution is -0.117. The number of carbonyl (C=O) groups excluding carboxylic acids is 1. The highest BCUT2D eigenvalue weighted by Crippen LogP contribution is 2.23. The SMILES string of the molecule is CCOc1ccccc1NC(=O)[C@@H](N)Cc1ccccc1. The average molecular weight is 284 g/mol. The van der Waals surface area contributed by atoms with Gasteiger partial charge < -0.3 is 15.8 Å². The molecule has 0 unspecified atom stereocenters. The molecule has 2 aromatic carbocycles. The molecule has 21 heavy (non-hydrogen) atoms. The summed E-state index contributed by atoms with van der Waals surface area (Å²) in [4.78, 5) is 12.2. The number of benzene rings is 2. The molecule has 0 heterocycles. The van der Waals surface area contributed by atoms with Crippen LogP contribution in [0.1, 0.15) is 12.5 Å². The molecular formula is C17H20N2O2. The van der Waals surface area contributed by atoms with E-state index in [1.165, 1.54) is 0 Å². The van der Waals surface area contributed by atoms with Gasteiger partial charge in [0.2, 0.25) is 5.91 Å². The van der Waals surface area contributed by atoms with Crippen LogP contribution in [0.3, 0.4) is 0 Å². The van der Waals surface area contributed by atoms with E-state index in [2.05, 4.69) is 5.32 Å². The summed E-state index contributed by atoms with van der Waals surface area (Å²) in [5, 5.41) is 2.83. The Balaban J connectivity index is 2.01. The number of hydrogen-bond donors (Lipinski definition) is 2. The van der Waals surface area contributed by atoms with Gasteiger partial charge in [-0.1, -0.05) is 42.5 Å². The van der Waals surface area contributed by atoms with Gasteiger partial charge in [0.1, 0.15) is 5.75 Å². The lowest BCUT2D eigenvalue weighted by Gasteiger charge is -2.15. The second-order valence-electron chi connectivity index (χ2n) is 4.71. The highest BCUT2D eigenvalue weighted by Gasteiger charge is 2.15. The highest BCUT2D eigenvalue weighted by atomic mass is 16.5. The molecule has 0 radical (unpaired) electrons. The van der Waals surface area contributed by atoms with Crippen molar-refractivity contribution in [2.24, 2.45) is 5.73 Å². The van der Waals surface area contributed by atoms with Gasteiger partial charge in [0.15, 0.2) is 0 Å². The number of para-hydroxylation sites is 2. The number of rotatable bonds is 6. The minimum absolute atomic E-state index is 0.217. The number of ether oxygens (including phenoxy) is 1. The third-order valence-corrected chi connectivity index (χ3v) is 3.08.